The summed E-state index contributed by atoms with van der Waals surface area (Å²) in [5.74, 6) is 1.10. The molecular weight excluding hydrogens is 268 g/mol. The van der Waals surface area contributed by atoms with E-state index in [-0.39, 0.29) is 12.4 Å². The molecular formula is C12H11ClN4O2. The Balaban J connectivity index is 1.81. The maximum Gasteiger partial charge on any atom is 0.189 e. The van der Waals surface area contributed by atoms with Gasteiger partial charge in [-0.05, 0) is 17.3 Å². The van der Waals surface area contributed by atoms with Crippen LogP contribution >= 0.6 is 11.6 Å². The number of fused-ring (bicyclic) bond motifs is 1. The van der Waals surface area contributed by atoms with Crippen molar-refractivity contribution < 1.29 is 9.52 Å². The van der Waals surface area contributed by atoms with Gasteiger partial charge in [0.2, 0.25) is 0 Å². The Morgan fingerprint density at radius 2 is 2.21 bits per heavy atom. The van der Waals surface area contributed by atoms with Gasteiger partial charge in [-0.2, -0.15) is 4.80 Å². The third-order valence-corrected chi connectivity index (χ3v) is 2.96. The first-order valence-electron chi connectivity index (χ1n) is 5.75. The lowest BCUT2D eigenvalue weighted by molar-refractivity contribution is 0.122. The molecule has 0 amide bonds. The van der Waals surface area contributed by atoms with Crippen LogP contribution in [0, 0.1) is 0 Å². The van der Waals surface area contributed by atoms with E-state index in [1.54, 1.807) is 6.07 Å². The number of rotatable bonds is 4. The number of hydrogen-bond acceptors (Lipinski definition) is 5. The van der Waals surface area contributed by atoms with E-state index in [0.717, 1.165) is 11.0 Å². The number of furan rings is 1. The van der Waals surface area contributed by atoms with Gasteiger partial charge in [0.05, 0.1) is 12.4 Å². The number of aliphatic hydroxyl groups is 1. The first kappa shape index (κ1) is 12.1. The van der Waals surface area contributed by atoms with Gasteiger partial charge in [-0.1, -0.05) is 18.2 Å². The van der Waals surface area contributed by atoms with Crippen LogP contribution in [0.25, 0.3) is 11.0 Å². The fraction of sp³-hybridized carbons (Fsp3) is 0.250. The van der Waals surface area contributed by atoms with E-state index in [1.807, 2.05) is 24.3 Å². The summed E-state index contributed by atoms with van der Waals surface area (Å²) in [6.07, 6.45) is -0.829. The zero-order valence-electron chi connectivity index (χ0n) is 9.90. The number of tetrazole rings is 1. The highest BCUT2D eigenvalue weighted by Gasteiger charge is 2.15. The third kappa shape index (κ3) is 2.45. The molecule has 2 heterocycles. The van der Waals surface area contributed by atoms with Crippen LogP contribution in [0.3, 0.4) is 0 Å². The molecule has 3 aromatic rings. The molecule has 2 aromatic heterocycles. The quantitative estimate of drug-likeness (QED) is 0.738. The van der Waals surface area contributed by atoms with E-state index in [9.17, 15) is 5.11 Å². The molecule has 98 valence electrons. The molecule has 0 fully saturated rings. The van der Waals surface area contributed by atoms with Crippen molar-refractivity contribution in [2.75, 3.05) is 0 Å². The number of halogens is 1. The van der Waals surface area contributed by atoms with Crippen molar-refractivity contribution >= 4 is 22.6 Å². The Labute approximate surface area is 113 Å². The summed E-state index contributed by atoms with van der Waals surface area (Å²) in [6, 6.07) is 9.38. The van der Waals surface area contributed by atoms with E-state index in [2.05, 4.69) is 15.4 Å². The molecule has 0 saturated heterocycles. The van der Waals surface area contributed by atoms with Gasteiger partial charge in [0, 0.05) is 5.39 Å². The molecule has 0 aliphatic heterocycles. The number of hydrogen-bond donors (Lipinski definition) is 1. The largest absolute Gasteiger partial charge is 0.458 e. The minimum absolute atomic E-state index is 0.170. The van der Waals surface area contributed by atoms with Crippen LogP contribution < -0.4 is 0 Å². The molecule has 0 bridgehead atoms. The van der Waals surface area contributed by atoms with Crippen LogP contribution in [0.2, 0.25) is 0 Å². The van der Waals surface area contributed by atoms with Crippen molar-refractivity contribution in [1.82, 2.24) is 20.2 Å². The van der Waals surface area contributed by atoms with Gasteiger partial charge in [-0.15, -0.1) is 21.8 Å². The first-order valence-corrected chi connectivity index (χ1v) is 6.29. The Kier molecular flexibility index (Phi) is 3.18. The molecule has 0 radical (unpaired) electrons. The predicted octanol–water partition coefficient (Wildman–Crippen LogP) is 1.89. The van der Waals surface area contributed by atoms with Crippen LogP contribution in [-0.4, -0.2) is 25.3 Å². The molecule has 0 unspecified atom stereocenters. The topological polar surface area (TPSA) is 77.0 Å². The molecule has 1 aromatic carbocycles. The van der Waals surface area contributed by atoms with Crippen LogP contribution in [0.1, 0.15) is 17.7 Å². The van der Waals surface area contributed by atoms with Crippen molar-refractivity contribution in [2.45, 2.75) is 18.5 Å². The highest BCUT2D eigenvalue weighted by Crippen LogP contribution is 2.24. The van der Waals surface area contributed by atoms with Gasteiger partial charge in [0.25, 0.3) is 0 Å². The van der Waals surface area contributed by atoms with Crippen LogP contribution in [0.5, 0.6) is 0 Å². The molecule has 1 N–H and O–H groups in total. The maximum absolute atomic E-state index is 10.1. The minimum atomic E-state index is -0.829. The fourth-order valence-corrected chi connectivity index (χ4v) is 1.93. The molecule has 0 aliphatic rings. The van der Waals surface area contributed by atoms with Gasteiger partial charge < -0.3 is 9.52 Å². The van der Waals surface area contributed by atoms with Crippen LogP contribution in [-0.2, 0) is 12.4 Å². The summed E-state index contributed by atoms with van der Waals surface area (Å²) >= 11 is 5.59. The van der Waals surface area contributed by atoms with E-state index < -0.39 is 6.10 Å². The molecule has 0 aliphatic carbocycles. The van der Waals surface area contributed by atoms with E-state index in [0.29, 0.717) is 11.6 Å². The van der Waals surface area contributed by atoms with Crippen molar-refractivity contribution in [2.24, 2.45) is 0 Å². The average molecular weight is 279 g/mol. The Morgan fingerprint density at radius 3 is 2.95 bits per heavy atom. The summed E-state index contributed by atoms with van der Waals surface area (Å²) in [7, 11) is 0. The summed E-state index contributed by atoms with van der Waals surface area (Å²) in [4.78, 5) is 1.30. The summed E-state index contributed by atoms with van der Waals surface area (Å²) in [6.45, 7) is 0.170. The maximum atomic E-state index is 10.1. The number of para-hydroxylation sites is 1. The molecule has 7 heteroatoms. The standard InChI is InChI=1S/C12H11ClN4O2/c13-6-12-14-16-17(15-12)7-9(18)11-5-8-3-1-2-4-10(8)19-11/h1-5,9,18H,6-7H2/t9-/m0/s1. The zero-order valence-corrected chi connectivity index (χ0v) is 10.7. The predicted molar refractivity (Wildman–Crippen MR) is 68.5 cm³/mol. The highest BCUT2D eigenvalue weighted by molar-refractivity contribution is 6.16. The molecule has 0 saturated carbocycles. The molecule has 3 rings (SSSR count). The van der Waals surface area contributed by atoms with E-state index in [4.69, 9.17) is 16.0 Å². The van der Waals surface area contributed by atoms with Crippen LogP contribution in [0.4, 0.5) is 0 Å². The Bertz CT molecular complexity index is 661. The number of nitrogens with zero attached hydrogens (tertiary/aromatic N) is 4. The molecule has 1 atom stereocenters. The van der Waals surface area contributed by atoms with Gasteiger partial charge in [0.1, 0.15) is 17.4 Å². The summed E-state index contributed by atoms with van der Waals surface area (Å²) in [5.41, 5.74) is 0.740. The average Bonchev–Trinajstić information content (AvgIpc) is 3.04. The van der Waals surface area contributed by atoms with Crippen molar-refractivity contribution in [3.8, 4) is 0 Å². The molecule has 6 nitrogen and oxygen atoms in total. The number of aliphatic hydroxyl groups excluding tert-OH is 1. The van der Waals surface area contributed by atoms with Gasteiger partial charge in [-0.3, -0.25) is 0 Å². The Morgan fingerprint density at radius 1 is 1.37 bits per heavy atom. The highest BCUT2D eigenvalue weighted by atomic mass is 35.5. The van der Waals surface area contributed by atoms with Crippen molar-refractivity contribution in [3.63, 3.8) is 0 Å². The van der Waals surface area contributed by atoms with Gasteiger partial charge in [0.15, 0.2) is 5.82 Å². The number of aromatic nitrogens is 4. The lowest BCUT2D eigenvalue weighted by Gasteiger charge is -2.05. The zero-order chi connectivity index (χ0) is 13.2. The first-order chi connectivity index (χ1) is 9.26. The monoisotopic (exact) mass is 278 g/mol. The second kappa shape index (κ2) is 4.99. The van der Waals surface area contributed by atoms with Gasteiger partial charge >= 0.3 is 0 Å². The second-order valence-corrected chi connectivity index (χ2v) is 4.36. The third-order valence-electron chi connectivity index (χ3n) is 2.72. The SMILES string of the molecule is O[C@@H](Cn1nnc(CCl)n1)c1cc2ccccc2o1. The second-order valence-electron chi connectivity index (χ2n) is 4.10. The van der Waals surface area contributed by atoms with Gasteiger partial charge in [-0.25, -0.2) is 0 Å². The normalized spacial score (nSPS) is 12.9. The minimum Gasteiger partial charge on any atom is -0.458 e. The smallest absolute Gasteiger partial charge is 0.189 e. The summed E-state index contributed by atoms with van der Waals surface area (Å²) in [5, 5.41) is 22.6. The fourth-order valence-electron chi connectivity index (χ4n) is 1.82. The van der Waals surface area contributed by atoms with E-state index in [1.165, 1.54) is 4.80 Å². The van der Waals surface area contributed by atoms with E-state index >= 15 is 0 Å². The lowest BCUT2D eigenvalue weighted by atomic mass is 10.2. The van der Waals surface area contributed by atoms with Crippen LogP contribution in [0.15, 0.2) is 34.7 Å². The molecule has 0 spiro atoms. The summed E-state index contributed by atoms with van der Waals surface area (Å²) < 4.78 is 5.57. The number of alkyl halides is 1. The molecule has 19 heavy (non-hydrogen) atoms. The number of benzene rings is 1. The van der Waals surface area contributed by atoms with Crippen molar-refractivity contribution in [3.05, 3.63) is 41.9 Å². The van der Waals surface area contributed by atoms with Crippen molar-refractivity contribution in [1.29, 1.82) is 0 Å². The lowest BCUT2D eigenvalue weighted by Crippen LogP contribution is -2.11. The Hall–Kier alpha value is -1.92.